The van der Waals surface area contributed by atoms with Gasteiger partial charge in [-0.1, -0.05) is 35.5 Å². The Hall–Kier alpha value is -4.00. The minimum atomic E-state index is -0.255. The van der Waals surface area contributed by atoms with E-state index in [-0.39, 0.29) is 11.5 Å². The number of rotatable bonds is 6. The summed E-state index contributed by atoms with van der Waals surface area (Å²) in [7, 11) is 1.63. The molecule has 0 saturated carbocycles. The number of benzene rings is 3. The molecule has 0 saturated heterocycles. The summed E-state index contributed by atoms with van der Waals surface area (Å²) in [5.74, 6) is 0.617. The summed E-state index contributed by atoms with van der Waals surface area (Å²) in [5, 5.41) is 11.5. The predicted molar refractivity (Wildman–Crippen MR) is 114 cm³/mol. The summed E-state index contributed by atoms with van der Waals surface area (Å²) in [4.78, 5) is 25.1. The molecule has 0 spiro atoms. The standard InChI is InChI=1S/C23H20N4O3/c1-30-21-9-5-2-6-16(21)14-15-24-22(28)17-10-12-18(13-11-17)27-23(29)19-7-3-4-8-20(19)25-26-27/h2-13H,14-15H2,1H3,(H,24,28). The van der Waals surface area contributed by atoms with Crippen molar-refractivity contribution in [3.8, 4) is 11.4 Å². The predicted octanol–water partition coefficient (Wildman–Crippen LogP) is 2.76. The Balaban J connectivity index is 1.45. The molecule has 3 aromatic carbocycles. The molecule has 0 radical (unpaired) electrons. The normalized spacial score (nSPS) is 10.7. The molecule has 150 valence electrons. The van der Waals surface area contributed by atoms with Crippen LogP contribution >= 0.6 is 0 Å². The number of carbonyl (C=O) groups is 1. The van der Waals surface area contributed by atoms with Gasteiger partial charge in [0.15, 0.2) is 0 Å². The highest BCUT2D eigenvalue weighted by Crippen LogP contribution is 2.17. The van der Waals surface area contributed by atoms with E-state index < -0.39 is 0 Å². The lowest BCUT2D eigenvalue weighted by atomic mass is 10.1. The number of hydrogen-bond donors (Lipinski definition) is 1. The first-order valence-corrected chi connectivity index (χ1v) is 9.52. The van der Waals surface area contributed by atoms with E-state index >= 15 is 0 Å². The Morgan fingerprint density at radius 3 is 2.53 bits per heavy atom. The highest BCUT2D eigenvalue weighted by molar-refractivity contribution is 5.94. The zero-order valence-corrected chi connectivity index (χ0v) is 16.4. The smallest absolute Gasteiger partial charge is 0.282 e. The van der Waals surface area contributed by atoms with Gasteiger partial charge in [0.25, 0.3) is 11.5 Å². The first kappa shape index (κ1) is 19.3. The molecule has 7 heteroatoms. The van der Waals surface area contributed by atoms with Crippen molar-refractivity contribution in [1.82, 2.24) is 20.3 Å². The molecule has 0 unspecified atom stereocenters. The second kappa shape index (κ2) is 8.57. The number of para-hydroxylation sites is 1. The van der Waals surface area contributed by atoms with E-state index in [0.29, 0.717) is 35.1 Å². The summed E-state index contributed by atoms with van der Waals surface area (Å²) in [6.45, 7) is 0.483. The Labute approximate surface area is 172 Å². The van der Waals surface area contributed by atoms with Gasteiger partial charge < -0.3 is 10.1 Å². The molecule has 0 aliphatic heterocycles. The van der Waals surface area contributed by atoms with Gasteiger partial charge in [0.2, 0.25) is 0 Å². The van der Waals surface area contributed by atoms with Gasteiger partial charge in [0.1, 0.15) is 11.3 Å². The second-order valence-electron chi connectivity index (χ2n) is 6.69. The van der Waals surface area contributed by atoms with Crippen molar-refractivity contribution in [2.45, 2.75) is 6.42 Å². The molecule has 0 bridgehead atoms. The van der Waals surface area contributed by atoms with Crippen LogP contribution in [-0.4, -0.2) is 34.6 Å². The minimum Gasteiger partial charge on any atom is -0.496 e. The number of nitrogens with one attached hydrogen (secondary N) is 1. The van der Waals surface area contributed by atoms with Crippen LogP contribution in [0.2, 0.25) is 0 Å². The lowest BCUT2D eigenvalue weighted by molar-refractivity contribution is 0.0954. The third kappa shape index (κ3) is 3.91. The van der Waals surface area contributed by atoms with Crippen LogP contribution in [0.15, 0.2) is 77.6 Å². The number of fused-ring (bicyclic) bond motifs is 1. The van der Waals surface area contributed by atoms with Crippen molar-refractivity contribution in [3.63, 3.8) is 0 Å². The summed E-state index contributed by atoms with van der Waals surface area (Å²) < 4.78 is 6.56. The molecule has 0 aliphatic carbocycles. The van der Waals surface area contributed by atoms with Crippen LogP contribution < -0.4 is 15.6 Å². The van der Waals surface area contributed by atoms with E-state index in [2.05, 4.69) is 15.6 Å². The third-order valence-electron chi connectivity index (χ3n) is 4.82. The molecule has 1 aromatic heterocycles. The largest absolute Gasteiger partial charge is 0.496 e. The molecule has 0 atom stereocenters. The van der Waals surface area contributed by atoms with Crippen LogP contribution in [0, 0.1) is 0 Å². The van der Waals surface area contributed by atoms with Crippen molar-refractivity contribution in [2.75, 3.05) is 13.7 Å². The van der Waals surface area contributed by atoms with Crippen molar-refractivity contribution >= 4 is 16.8 Å². The number of ether oxygens (including phenoxy) is 1. The van der Waals surface area contributed by atoms with Gasteiger partial charge in [-0.25, -0.2) is 0 Å². The number of hydrogen-bond acceptors (Lipinski definition) is 5. The Kier molecular flexibility index (Phi) is 5.52. The molecule has 0 aliphatic rings. The van der Waals surface area contributed by atoms with Crippen LogP contribution in [-0.2, 0) is 6.42 Å². The summed E-state index contributed by atoms with van der Waals surface area (Å²) in [6, 6.07) is 21.5. The van der Waals surface area contributed by atoms with Gasteiger partial charge in [-0.3, -0.25) is 9.59 Å². The SMILES string of the molecule is COc1ccccc1CCNC(=O)c1ccc(-n2nnc3ccccc3c2=O)cc1. The molecular weight excluding hydrogens is 380 g/mol. The van der Waals surface area contributed by atoms with Crippen LogP contribution in [0.3, 0.4) is 0 Å². The molecular formula is C23H20N4O3. The minimum absolute atomic E-state index is 0.187. The average molecular weight is 400 g/mol. The molecule has 1 N–H and O–H groups in total. The number of nitrogens with zero attached hydrogens (tertiary/aromatic N) is 3. The molecule has 0 fully saturated rings. The number of amides is 1. The molecule has 4 aromatic rings. The highest BCUT2D eigenvalue weighted by Gasteiger charge is 2.10. The van der Waals surface area contributed by atoms with Gasteiger partial charge >= 0.3 is 0 Å². The zero-order valence-electron chi connectivity index (χ0n) is 16.4. The average Bonchev–Trinajstić information content (AvgIpc) is 2.80. The molecule has 7 nitrogen and oxygen atoms in total. The summed E-state index contributed by atoms with van der Waals surface area (Å²) in [6.07, 6.45) is 0.663. The van der Waals surface area contributed by atoms with Crippen molar-refractivity contribution in [3.05, 3.63) is 94.3 Å². The molecule has 1 amide bonds. The van der Waals surface area contributed by atoms with E-state index in [4.69, 9.17) is 4.74 Å². The fourth-order valence-corrected chi connectivity index (χ4v) is 3.23. The van der Waals surface area contributed by atoms with Crippen molar-refractivity contribution in [2.24, 2.45) is 0 Å². The lowest BCUT2D eigenvalue weighted by Crippen LogP contribution is -2.26. The monoisotopic (exact) mass is 400 g/mol. The second-order valence-corrected chi connectivity index (χ2v) is 6.69. The third-order valence-corrected chi connectivity index (χ3v) is 4.82. The van der Waals surface area contributed by atoms with Crippen LogP contribution in [0.25, 0.3) is 16.6 Å². The first-order chi connectivity index (χ1) is 14.7. The van der Waals surface area contributed by atoms with Gasteiger partial charge in [0, 0.05) is 12.1 Å². The van der Waals surface area contributed by atoms with E-state index in [0.717, 1.165) is 11.3 Å². The lowest BCUT2D eigenvalue weighted by Gasteiger charge is -2.10. The Bertz CT molecular complexity index is 1250. The van der Waals surface area contributed by atoms with Crippen LogP contribution in [0.5, 0.6) is 5.75 Å². The van der Waals surface area contributed by atoms with Crippen LogP contribution in [0.4, 0.5) is 0 Å². The van der Waals surface area contributed by atoms with E-state index in [1.807, 2.05) is 30.3 Å². The fraction of sp³-hybridized carbons (Fsp3) is 0.130. The zero-order chi connectivity index (χ0) is 20.9. The molecule has 1 heterocycles. The number of carbonyl (C=O) groups excluding carboxylic acids is 1. The quantitative estimate of drug-likeness (QED) is 0.538. The Morgan fingerprint density at radius 2 is 1.73 bits per heavy atom. The topological polar surface area (TPSA) is 86.1 Å². The fourth-order valence-electron chi connectivity index (χ4n) is 3.23. The summed E-state index contributed by atoms with van der Waals surface area (Å²) in [5.41, 5.74) is 2.37. The van der Waals surface area contributed by atoms with Gasteiger partial charge in [-0.05, 0) is 54.4 Å². The summed E-state index contributed by atoms with van der Waals surface area (Å²) >= 11 is 0. The maximum Gasteiger partial charge on any atom is 0.282 e. The molecule has 30 heavy (non-hydrogen) atoms. The van der Waals surface area contributed by atoms with E-state index in [9.17, 15) is 9.59 Å². The van der Waals surface area contributed by atoms with Gasteiger partial charge in [-0.2, -0.15) is 4.68 Å². The highest BCUT2D eigenvalue weighted by atomic mass is 16.5. The first-order valence-electron chi connectivity index (χ1n) is 9.52. The van der Waals surface area contributed by atoms with Crippen molar-refractivity contribution in [1.29, 1.82) is 0 Å². The molecule has 4 rings (SSSR count). The Morgan fingerprint density at radius 1 is 1.00 bits per heavy atom. The number of methoxy groups -OCH3 is 1. The van der Waals surface area contributed by atoms with Crippen LogP contribution in [0.1, 0.15) is 15.9 Å². The van der Waals surface area contributed by atoms with Gasteiger partial charge in [-0.15, -0.1) is 5.10 Å². The number of aromatic nitrogens is 3. The van der Waals surface area contributed by atoms with Crippen molar-refractivity contribution < 1.29 is 9.53 Å². The maximum absolute atomic E-state index is 12.6. The van der Waals surface area contributed by atoms with E-state index in [1.54, 1.807) is 49.6 Å². The van der Waals surface area contributed by atoms with Gasteiger partial charge in [0.05, 0.1) is 18.2 Å². The van der Waals surface area contributed by atoms with E-state index in [1.165, 1.54) is 4.68 Å². The maximum atomic E-state index is 12.6.